The van der Waals surface area contributed by atoms with Gasteiger partial charge in [-0.15, -0.1) is 0 Å². The number of ketones is 1. The number of benzene rings is 1. The van der Waals surface area contributed by atoms with Gasteiger partial charge in [0, 0.05) is 24.2 Å². The number of pyridine rings is 1. The summed E-state index contributed by atoms with van der Waals surface area (Å²) >= 11 is 0. The third kappa shape index (κ3) is 3.25. The number of carbonyl (C=O) groups is 1. The van der Waals surface area contributed by atoms with Gasteiger partial charge >= 0.3 is 0 Å². The average Bonchev–Trinajstić information content (AvgIpc) is 2.58. The predicted octanol–water partition coefficient (Wildman–Crippen LogP) is 4.01. The molecule has 3 rings (SSSR count). The summed E-state index contributed by atoms with van der Waals surface area (Å²) in [5.41, 5.74) is 2.94. The number of hydrogen-bond acceptors (Lipinski definition) is 3. The van der Waals surface area contributed by atoms with Crippen LogP contribution in [-0.2, 0) is 4.79 Å². The van der Waals surface area contributed by atoms with Crippen molar-refractivity contribution in [1.82, 2.24) is 4.98 Å². The Kier molecular flexibility index (Phi) is 4.33. The van der Waals surface area contributed by atoms with Crippen molar-refractivity contribution in [3.63, 3.8) is 0 Å². The summed E-state index contributed by atoms with van der Waals surface area (Å²) in [6, 6.07) is 13.7. The van der Waals surface area contributed by atoms with Crippen LogP contribution in [0.15, 0.2) is 54.2 Å². The number of aromatic nitrogens is 1. The number of allylic oxidation sites excluding steroid dienone is 1. The molecule has 0 N–H and O–H groups in total. The Morgan fingerprint density at radius 1 is 1.23 bits per heavy atom. The van der Waals surface area contributed by atoms with Crippen molar-refractivity contribution in [2.45, 2.75) is 25.2 Å². The second-order valence-electron chi connectivity index (χ2n) is 5.56. The Morgan fingerprint density at radius 3 is 2.86 bits per heavy atom. The van der Waals surface area contributed by atoms with Crippen LogP contribution < -0.4 is 4.74 Å². The molecular weight excluding hydrogens is 274 g/mol. The molecule has 1 saturated carbocycles. The van der Waals surface area contributed by atoms with Crippen molar-refractivity contribution < 1.29 is 9.53 Å². The van der Waals surface area contributed by atoms with E-state index in [1.165, 1.54) is 0 Å². The van der Waals surface area contributed by atoms with Gasteiger partial charge in [0.15, 0.2) is 5.78 Å². The first-order chi connectivity index (χ1) is 10.8. The molecule has 0 radical (unpaired) electrons. The normalized spacial score (nSPS) is 20.1. The molecule has 0 aliphatic heterocycles. The second kappa shape index (κ2) is 6.56. The van der Waals surface area contributed by atoms with E-state index in [0.29, 0.717) is 6.42 Å². The van der Waals surface area contributed by atoms with E-state index in [4.69, 9.17) is 4.74 Å². The van der Waals surface area contributed by atoms with Gasteiger partial charge < -0.3 is 4.74 Å². The fourth-order valence-electron chi connectivity index (χ4n) is 2.88. The van der Waals surface area contributed by atoms with E-state index in [1.54, 1.807) is 13.3 Å². The molecule has 0 saturated heterocycles. The highest BCUT2D eigenvalue weighted by Crippen LogP contribution is 2.33. The van der Waals surface area contributed by atoms with Crippen LogP contribution in [0.5, 0.6) is 5.75 Å². The minimum atomic E-state index is 0.227. The SMILES string of the molecule is COc1cccc(/C=C2/CCC(c3ccccn3)CC2=O)c1. The van der Waals surface area contributed by atoms with Gasteiger partial charge in [-0.1, -0.05) is 18.2 Å². The van der Waals surface area contributed by atoms with Crippen LogP contribution in [0.4, 0.5) is 0 Å². The van der Waals surface area contributed by atoms with Gasteiger partial charge in [0.2, 0.25) is 0 Å². The van der Waals surface area contributed by atoms with Crippen LogP contribution in [0.1, 0.15) is 36.4 Å². The van der Waals surface area contributed by atoms with Gasteiger partial charge in [0.05, 0.1) is 7.11 Å². The van der Waals surface area contributed by atoms with Gasteiger partial charge in [-0.05, 0) is 54.3 Å². The lowest BCUT2D eigenvalue weighted by molar-refractivity contribution is -0.116. The molecule has 2 aromatic rings. The van der Waals surface area contributed by atoms with Crippen molar-refractivity contribution in [3.05, 3.63) is 65.5 Å². The molecule has 0 bridgehead atoms. The predicted molar refractivity (Wildman–Crippen MR) is 86.8 cm³/mol. The highest BCUT2D eigenvalue weighted by Gasteiger charge is 2.25. The molecule has 1 aromatic heterocycles. The van der Waals surface area contributed by atoms with Gasteiger partial charge in [-0.25, -0.2) is 0 Å². The van der Waals surface area contributed by atoms with Crippen LogP contribution in [0, 0.1) is 0 Å². The van der Waals surface area contributed by atoms with Crippen molar-refractivity contribution in [3.8, 4) is 5.75 Å². The quantitative estimate of drug-likeness (QED) is 0.803. The van der Waals surface area contributed by atoms with Crippen LogP contribution in [0.2, 0.25) is 0 Å². The van der Waals surface area contributed by atoms with Crippen molar-refractivity contribution in [1.29, 1.82) is 0 Å². The molecule has 1 heterocycles. The molecule has 112 valence electrons. The zero-order chi connectivity index (χ0) is 15.4. The van der Waals surface area contributed by atoms with E-state index in [9.17, 15) is 4.79 Å². The Balaban J connectivity index is 1.75. The molecule has 1 aromatic carbocycles. The molecule has 1 aliphatic rings. The Hall–Kier alpha value is -2.42. The third-order valence-electron chi connectivity index (χ3n) is 4.09. The summed E-state index contributed by atoms with van der Waals surface area (Å²) in [5, 5.41) is 0. The maximum absolute atomic E-state index is 12.4. The lowest BCUT2D eigenvalue weighted by Gasteiger charge is -2.22. The average molecular weight is 293 g/mol. The van der Waals surface area contributed by atoms with E-state index < -0.39 is 0 Å². The number of nitrogens with zero attached hydrogens (tertiary/aromatic N) is 1. The molecule has 22 heavy (non-hydrogen) atoms. The number of ether oxygens (including phenoxy) is 1. The lowest BCUT2D eigenvalue weighted by atomic mass is 9.82. The second-order valence-corrected chi connectivity index (χ2v) is 5.56. The number of hydrogen-bond donors (Lipinski definition) is 0. The highest BCUT2D eigenvalue weighted by molar-refractivity contribution is 6.00. The molecule has 0 amide bonds. The molecule has 3 heteroatoms. The first-order valence-corrected chi connectivity index (χ1v) is 7.55. The van der Waals surface area contributed by atoms with E-state index >= 15 is 0 Å². The van der Waals surface area contributed by atoms with Crippen LogP contribution in [0.25, 0.3) is 6.08 Å². The summed E-state index contributed by atoms with van der Waals surface area (Å²) < 4.78 is 5.22. The summed E-state index contributed by atoms with van der Waals surface area (Å²) in [6.07, 6.45) is 6.10. The van der Waals surface area contributed by atoms with E-state index in [2.05, 4.69) is 4.98 Å². The Bertz CT molecular complexity index is 692. The summed E-state index contributed by atoms with van der Waals surface area (Å²) in [6.45, 7) is 0. The molecule has 0 spiro atoms. The zero-order valence-electron chi connectivity index (χ0n) is 12.7. The van der Waals surface area contributed by atoms with Gasteiger partial charge in [0.1, 0.15) is 5.75 Å². The van der Waals surface area contributed by atoms with E-state index in [-0.39, 0.29) is 11.7 Å². The summed E-state index contributed by atoms with van der Waals surface area (Å²) in [4.78, 5) is 16.8. The maximum Gasteiger partial charge on any atom is 0.159 e. The smallest absolute Gasteiger partial charge is 0.159 e. The molecule has 1 aliphatic carbocycles. The van der Waals surface area contributed by atoms with Crippen LogP contribution >= 0.6 is 0 Å². The van der Waals surface area contributed by atoms with E-state index in [0.717, 1.165) is 35.4 Å². The minimum absolute atomic E-state index is 0.227. The number of Topliss-reactive ketones (excluding diaryl/α,β-unsaturated/α-hetero) is 1. The number of carbonyl (C=O) groups excluding carboxylic acids is 1. The monoisotopic (exact) mass is 293 g/mol. The fourth-order valence-corrected chi connectivity index (χ4v) is 2.88. The van der Waals surface area contributed by atoms with Gasteiger partial charge in [-0.2, -0.15) is 0 Å². The molecule has 1 unspecified atom stereocenters. The largest absolute Gasteiger partial charge is 0.497 e. The first kappa shape index (κ1) is 14.5. The van der Waals surface area contributed by atoms with Crippen molar-refractivity contribution in [2.75, 3.05) is 7.11 Å². The highest BCUT2D eigenvalue weighted by atomic mass is 16.5. The zero-order valence-corrected chi connectivity index (χ0v) is 12.7. The Labute approximate surface area is 130 Å². The van der Waals surface area contributed by atoms with Gasteiger partial charge in [-0.3, -0.25) is 9.78 Å². The standard InChI is InChI=1S/C19H19NO2/c1-22-17-6-4-5-14(12-17)11-16-9-8-15(13-19(16)21)18-7-2-3-10-20-18/h2-7,10-12,15H,8-9,13H2,1H3/b16-11-. The minimum Gasteiger partial charge on any atom is -0.497 e. The molecule has 1 fully saturated rings. The van der Waals surface area contributed by atoms with Crippen molar-refractivity contribution >= 4 is 11.9 Å². The molecule has 3 nitrogen and oxygen atoms in total. The number of methoxy groups -OCH3 is 1. The molecule has 1 atom stereocenters. The first-order valence-electron chi connectivity index (χ1n) is 7.55. The lowest BCUT2D eigenvalue weighted by Crippen LogP contribution is -2.17. The third-order valence-corrected chi connectivity index (χ3v) is 4.09. The maximum atomic E-state index is 12.4. The number of rotatable bonds is 3. The van der Waals surface area contributed by atoms with Gasteiger partial charge in [0.25, 0.3) is 0 Å². The van der Waals surface area contributed by atoms with Crippen LogP contribution in [0.3, 0.4) is 0 Å². The van der Waals surface area contributed by atoms with Crippen LogP contribution in [-0.4, -0.2) is 17.9 Å². The summed E-state index contributed by atoms with van der Waals surface area (Å²) in [5.74, 6) is 1.28. The molecular formula is C19H19NO2. The Morgan fingerprint density at radius 2 is 2.14 bits per heavy atom. The fraction of sp³-hybridized carbons (Fsp3) is 0.263. The summed E-state index contributed by atoms with van der Waals surface area (Å²) in [7, 11) is 1.65. The van der Waals surface area contributed by atoms with Crippen molar-refractivity contribution in [2.24, 2.45) is 0 Å². The van der Waals surface area contributed by atoms with E-state index in [1.807, 2.05) is 48.5 Å². The topological polar surface area (TPSA) is 39.2 Å².